The average Bonchev–Trinajstić information content (AvgIpc) is 2.71. The lowest BCUT2D eigenvalue weighted by molar-refractivity contribution is -0.127. The van der Waals surface area contributed by atoms with Crippen molar-refractivity contribution >= 4 is 5.91 Å². The highest BCUT2D eigenvalue weighted by Crippen LogP contribution is 2.20. The van der Waals surface area contributed by atoms with E-state index in [1.807, 2.05) is 49.4 Å². The van der Waals surface area contributed by atoms with Crippen LogP contribution in [0, 0.1) is 13.8 Å². The Morgan fingerprint density at radius 3 is 2.38 bits per heavy atom. The van der Waals surface area contributed by atoms with Gasteiger partial charge in [-0.2, -0.15) is 0 Å². The van der Waals surface area contributed by atoms with Crippen LogP contribution in [0.1, 0.15) is 36.5 Å². The van der Waals surface area contributed by atoms with Crippen molar-refractivity contribution in [2.75, 3.05) is 20.1 Å². The van der Waals surface area contributed by atoms with Crippen LogP contribution in [0.3, 0.4) is 0 Å². The van der Waals surface area contributed by atoms with Gasteiger partial charge in [0.1, 0.15) is 17.6 Å². The van der Waals surface area contributed by atoms with Crippen LogP contribution in [0.15, 0.2) is 42.5 Å². The molecule has 29 heavy (non-hydrogen) atoms. The van der Waals surface area contributed by atoms with Gasteiger partial charge in [0.2, 0.25) is 0 Å². The van der Waals surface area contributed by atoms with Gasteiger partial charge in [0.25, 0.3) is 5.91 Å². The van der Waals surface area contributed by atoms with Gasteiger partial charge in [0.15, 0.2) is 6.10 Å². The molecule has 1 amide bonds. The Kier molecular flexibility index (Phi) is 7.15. The molecular weight excluding hydrogens is 364 g/mol. The number of ether oxygens (including phenoxy) is 2. The van der Waals surface area contributed by atoms with E-state index in [0.717, 1.165) is 42.8 Å². The molecule has 3 rings (SSSR count). The molecule has 1 heterocycles. The van der Waals surface area contributed by atoms with Gasteiger partial charge in [-0.15, -0.1) is 0 Å². The third kappa shape index (κ3) is 6.23. The molecule has 0 radical (unpaired) electrons. The number of likely N-dealkylation sites (tertiary alicyclic amines) is 1. The zero-order chi connectivity index (χ0) is 20.8. The molecule has 2 aromatic carbocycles. The monoisotopic (exact) mass is 396 g/mol. The van der Waals surface area contributed by atoms with E-state index in [4.69, 9.17) is 9.47 Å². The number of aryl methyl sites for hydroxylation is 2. The minimum atomic E-state index is -0.552. The lowest BCUT2D eigenvalue weighted by atomic mass is 10.1. The van der Waals surface area contributed by atoms with Crippen LogP contribution in [0.4, 0.5) is 0 Å². The van der Waals surface area contributed by atoms with E-state index >= 15 is 0 Å². The summed E-state index contributed by atoms with van der Waals surface area (Å²) in [6, 6.07) is 13.8. The molecule has 1 atom stereocenters. The number of nitrogens with zero attached hydrogens (tertiary/aromatic N) is 1. The topological polar surface area (TPSA) is 50.8 Å². The summed E-state index contributed by atoms with van der Waals surface area (Å²) >= 11 is 0. The zero-order valence-electron chi connectivity index (χ0n) is 17.9. The number of amides is 1. The molecule has 5 nitrogen and oxygen atoms in total. The standard InChI is InChI=1S/C24H32N2O3/c1-17-5-8-23(15-18(17)2)28-19(3)24(27)25-16-20-6-9-21(10-7-20)29-22-11-13-26(4)14-12-22/h5-10,15,19,22H,11-14,16H2,1-4H3,(H,25,27)/t19-/m0/s1. The Morgan fingerprint density at radius 1 is 1.07 bits per heavy atom. The molecule has 0 unspecified atom stereocenters. The molecule has 0 aliphatic carbocycles. The summed E-state index contributed by atoms with van der Waals surface area (Å²) in [6.07, 6.45) is 1.86. The first-order chi connectivity index (χ1) is 13.9. The largest absolute Gasteiger partial charge is 0.490 e. The maximum absolute atomic E-state index is 12.4. The number of benzene rings is 2. The van der Waals surface area contributed by atoms with E-state index in [0.29, 0.717) is 18.4 Å². The van der Waals surface area contributed by atoms with Crippen molar-refractivity contribution in [3.05, 3.63) is 59.2 Å². The summed E-state index contributed by atoms with van der Waals surface area (Å²) in [4.78, 5) is 14.7. The second kappa shape index (κ2) is 9.79. The minimum Gasteiger partial charge on any atom is -0.490 e. The third-order valence-corrected chi connectivity index (χ3v) is 5.52. The van der Waals surface area contributed by atoms with Crippen molar-refractivity contribution in [2.45, 2.75) is 52.4 Å². The second-order valence-electron chi connectivity index (χ2n) is 7.99. The minimum absolute atomic E-state index is 0.130. The molecule has 0 aromatic heterocycles. The molecule has 1 aliphatic rings. The van der Waals surface area contributed by atoms with Crippen molar-refractivity contribution in [3.8, 4) is 11.5 Å². The van der Waals surface area contributed by atoms with E-state index in [1.165, 1.54) is 5.56 Å². The summed E-state index contributed by atoms with van der Waals surface area (Å²) in [5.41, 5.74) is 3.39. The van der Waals surface area contributed by atoms with Gasteiger partial charge < -0.3 is 19.7 Å². The smallest absolute Gasteiger partial charge is 0.261 e. The van der Waals surface area contributed by atoms with Crippen LogP contribution in [-0.4, -0.2) is 43.2 Å². The van der Waals surface area contributed by atoms with Gasteiger partial charge in [-0.25, -0.2) is 0 Å². The van der Waals surface area contributed by atoms with Crippen LogP contribution in [0.5, 0.6) is 11.5 Å². The van der Waals surface area contributed by atoms with Crippen molar-refractivity contribution in [1.29, 1.82) is 0 Å². The predicted octanol–water partition coefficient (Wildman–Crippen LogP) is 3.86. The van der Waals surface area contributed by atoms with Gasteiger partial charge in [0, 0.05) is 19.6 Å². The van der Waals surface area contributed by atoms with Crippen molar-refractivity contribution in [1.82, 2.24) is 10.2 Å². The molecule has 1 N–H and O–H groups in total. The number of hydrogen-bond donors (Lipinski definition) is 1. The van der Waals surface area contributed by atoms with E-state index in [9.17, 15) is 4.79 Å². The lowest BCUT2D eigenvalue weighted by Crippen LogP contribution is -2.36. The maximum Gasteiger partial charge on any atom is 0.261 e. The fraction of sp³-hybridized carbons (Fsp3) is 0.458. The lowest BCUT2D eigenvalue weighted by Gasteiger charge is -2.29. The van der Waals surface area contributed by atoms with Crippen molar-refractivity contribution < 1.29 is 14.3 Å². The highest BCUT2D eigenvalue weighted by molar-refractivity contribution is 5.80. The van der Waals surface area contributed by atoms with Crippen LogP contribution >= 0.6 is 0 Å². The van der Waals surface area contributed by atoms with Gasteiger partial charge in [-0.1, -0.05) is 18.2 Å². The molecule has 156 valence electrons. The second-order valence-corrected chi connectivity index (χ2v) is 7.99. The van der Waals surface area contributed by atoms with Gasteiger partial charge in [-0.3, -0.25) is 4.79 Å². The number of hydrogen-bond acceptors (Lipinski definition) is 4. The van der Waals surface area contributed by atoms with E-state index in [1.54, 1.807) is 6.92 Å². The highest BCUT2D eigenvalue weighted by atomic mass is 16.5. The number of carbonyl (C=O) groups is 1. The fourth-order valence-corrected chi connectivity index (χ4v) is 3.36. The summed E-state index contributed by atoms with van der Waals surface area (Å²) in [6.45, 7) is 8.48. The number of carbonyl (C=O) groups excluding carboxylic acids is 1. The molecule has 0 bridgehead atoms. The first-order valence-electron chi connectivity index (χ1n) is 10.4. The SMILES string of the molecule is Cc1ccc(O[C@@H](C)C(=O)NCc2ccc(OC3CCN(C)CC3)cc2)cc1C. The molecule has 1 aliphatic heterocycles. The van der Waals surface area contributed by atoms with E-state index in [-0.39, 0.29) is 5.91 Å². The van der Waals surface area contributed by atoms with Crippen molar-refractivity contribution in [3.63, 3.8) is 0 Å². The fourth-order valence-electron chi connectivity index (χ4n) is 3.36. The van der Waals surface area contributed by atoms with Crippen LogP contribution in [0.25, 0.3) is 0 Å². The predicted molar refractivity (Wildman–Crippen MR) is 115 cm³/mol. The molecular formula is C24H32N2O3. The van der Waals surface area contributed by atoms with Crippen LogP contribution in [0.2, 0.25) is 0 Å². The quantitative estimate of drug-likeness (QED) is 0.772. The van der Waals surface area contributed by atoms with E-state index < -0.39 is 6.10 Å². The molecule has 5 heteroatoms. The Hall–Kier alpha value is -2.53. The molecule has 1 fully saturated rings. The first-order valence-corrected chi connectivity index (χ1v) is 10.4. The van der Waals surface area contributed by atoms with E-state index in [2.05, 4.69) is 24.2 Å². The number of rotatable bonds is 7. The number of piperidine rings is 1. The normalized spacial score (nSPS) is 16.3. The molecule has 2 aromatic rings. The Bertz CT molecular complexity index is 811. The number of nitrogens with one attached hydrogen (secondary N) is 1. The molecule has 0 spiro atoms. The van der Waals surface area contributed by atoms with Gasteiger partial charge in [0.05, 0.1) is 0 Å². The third-order valence-electron chi connectivity index (χ3n) is 5.52. The van der Waals surface area contributed by atoms with Crippen LogP contribution in [-0.2, 0) is 11.3 Å². The Morgan fingerprint density at radius 2 is 1.72 bits per heavy atom. The maximum atomic E-state index is 12.4. The highest BCUT2D eigenvalue weighted by Gasteiger charge is 2.18. The van der Waals surface area contributed by atoms with Crippen molar-refractivity contribution in [2.24, 2.45) is 0 Å². The Labute approximate surface area is 174 Å². The summed E-state index contributed by atoms with van der Waals surface area (Å²) in [7, 11) is 2.15. The summed E-state index contributed by atoms with van der Waals surface area (Å²) in [5, 5.41) is 2.94. The van der Waals surface area contributed by atoms with Crippen LogP contribution < -0.4 is 14.8 Å². The van der Waals surface area contributed by atoms with Gasteiger partial charge in [-0.05, 0) is 81.6 Å². The molecule has 1 saturated heterocycles. The molecule has 0 saturated carbocycles. The zero-order valence-corrected chi connectivity index (χ0v) is 17.9. The Balaban J connectivity index is 1.45. The summed E-state index contributed by atoms with van der Waals surface area (Å²) in [5.74, 6) is 1.47. The first kappa shape index (κ1) is 21.2. The van der Waals surface area contributed by atoms with Gasteiger partial charge >= 0.3 is 0 Å². The average molecular weight is 397 g/mol. The summed E-state index contributed by atoms with van der Waals surface area (Å²) < 4.78 is 11.8.